The Labute approximate surface area is 114 Å². The fourth-order valence-electron chi connectivity index (χ4n) is 1.49. The molecule has 0 atom stereocenters. The number of halogens is 6. The van der Waals surface area contributed by atoms with Crippen molar-refractivity contribution >= 4 is 34.4 Å². The summed E-state index contributed by atoms with van der Waals surface area (Å²) in [7, 11) is 1.43. The topological polar surface area (TPSA) is 43.6 Å². The predicted molar refractivity (Wildman–Crippen MR) is 60.5 cm³/mol. The number of alkyl halides is 6. The van der Waals surface area contributed by atoms with E-state index in [-0.39, 0.29) is 11.2 Å². The number of rotatable bonds is 2. The second-order valence-corrected chi connectivity index (χ2v) is 4.73. The van der Waals surface area contributed by atoms with Crippen LogP contribution in [0.25, 0.3) is 11.2 Å². The van der Waals surface area contributed by atoms with E-state index in [0.717, 1.165) is 0 Å². The number of hydrogen-bond acceptors (Lipinski definition) is 3. The summed E-state index contributed by atoms with van der Waals surface area (Å²) in [6.07, 6.45) is 0. The van der Waals surface area contributed by atoms with Crippen molar-refractivity contribution in [3.63, 3.8) is 0 Å². The molecule has 0 saturated carbocycles. The maximum Gasteiger partial charge on any atom is 0.381 e. The highest BCUT2D eigenvalue weighted by atomic mass is 35.5. The van der Waals surface area contributed by atoms with Gasteiger partial charge in [-0.1, -0.05) is 0 Å². The van der Waals surface area contributed by atoms with E-state index in [1.807, 2.05) is 0 Å². The summed E-state index contributed by atoms with van der Waals surface area (Å²) in [5, 5.41) is -7.94. The van der Waals surface area contributed by atoms with Gasteiger partial charge in [0.25, 0.3) is 0 Å². The van der Waals surface area contributed by atoms with Gasteiger partial charge >= 0.3 is 10.8 Å². The van der Waals surface area contributed by atoms with E-state index in [1.165, 1.54) is 18.5 Å². The molecule has 0 amide bonds. The van der Waals surface area contributed by atoms with Gasteiger partial charge in [-0.25, -0.2) is 15.0 Å². The first kappa shape index (κ1) is 14.3. The Kier molecular flexibility index (Phi) is 3.13. The molecule has 2 heterocycles. The highest BCUT2D eigenvalue weighted by Gasteiger charge is 2.40. The average Bonchev–Trinajstić information content (AvgIpc) is 2.51. The molecule has 0 spiro atoms. The molecule has 0 radical (unpaired) electrons. The van der Waals surface area contributed by atoms with E-state index in [1.54, 1.807) is 0 Å². The quantitative estimate of drug-likeness (QED) is 0.631. The smallest absolute Gasteiger partial charge is 0.316 e. The number of nitrogens with zero attached hydrogens (tertiary/aromatic N) is 4. The van der Waals surface area contributed by atoms with Crippen LogP contribution in [0.3, 0.4) is 0 Å². The first-order valence-corrected chi connectivity index (χ1v) is 5.63. The van der Waals surface area contributed by atoms with Crippen LogP contribution in [-0.4, -0.2) is 19.5 Å². The highest BCUT2D eigenvalue weighted by Crippen LogP contribution is 2.38. The van der Waals surface area contributed by atoms with Crippen molar-refractivity contribution in [1.29, 1.82) is 0 Å². The van der Waals surface area contributed by atoms with E-state index in [4.69, 9.17) is 23.2 Å². The van der Waals surface area contributed by atoms with Crippen LogP contribution in [-0.2, 0) is 17.8 Å². The Morgan fingerprint density at radius 1 is 1.00 bits per heavy atom. The van der Waals surface area contributed by atoms with Crippen molar-refractivity contribution in [2.75, 3.05) is 0 Å². The van der Waals surface area contributed by atoms with Gasteiger partial charge in [0.2, 0.25) is 5.82 Å². The second-order valence-electron chi connectivity index (χ2n) is 3.78. The van der Waals surface area contributed by atoms with Crippen molar-refractivity contribution in [3.8, 4) is 0 Å². The minimum atomic E-state index is -3.98. The van der Waals surface area contributed by atoms with E-state index in [9.17, 15) is 17.6 Å². The number of hydrogen-bond donors (Lipinski definition) is 0. The molecule has 104 valence electrons. The molecular weight excluding hydrogens is 311 g/mol. The lowest BCUT2D eigenvalue weighted by Crippen LogP contribution is -2.16. The van der Waals surface area contributed by atoms with Crippen LogP contribution in [0.4, 0.5) is 17.6 Å². The van der Waals surface area contributed by atoms with E-state index < -0.39 is 22.3 Å². The van der Waals surface area contributed by atoms with Gasteiger partial charge in [0.1, 0.15) is 11.3 Å². The summed E-state index contributed by atoms with van der Waals surface area (Å²) < 4.78 is 53.7. The van der Waals surface area contributed by atoms with Gasteiger partial charge in [0.05, 0.1) is 0 Å². The largest absolute Gasteiger partial charge is 0.381 e. The Morgan fingerprint density at radius 2 is 1.58 bits per heavy atom. The van der Waals surface area contributed by atoms with Crippen LogP contribution in [0.5, 0.6) is 0 Å². The van der Waals surface area contributed by atoms with Crippen LogP contribution in [0.1, 0.15) is 17.3 Å². The van der Waals surface area contributed by atoms with E-state index >= 15 is 0 Å². The number of imidazole rings is 1. The standard InChI is InChI=1S/C9H6Cl2F4N4/c1-3-16-4-5(8(10,12)13)17-7(9(11,14)15)18-6(4)19(3)2/h1-2H3. The fraction of sp³-hybridized carbons (Fsp3) is 0.444. The number of aromatic nitrogens is 4. The summed E-state index contributed by atoms with van der Waals surface area (Å²) in [4.78, 5) is 10.3. The van der Waals surface area contributed by atoms with Gasteiger partial charge in [0, 0.05) is 7.05 Å². The van der Waals surface area contributed by atoms with Gasteiger partial charge in [-0.2, -0.15) is 17.6 Å². The Hall–Kier alpha value is -1.15. The molecule has 0 bridgehead atoms. The number of aryl methyl sites for hydroxylation is 2. The fourth-order valence-corrected chi connectivity index (χ4v) is 1.71. The maximum atomic E-state index is 13.2. The summed E-state index contributed by atoms with van der Waals surface area (Å²) >= 11 is 9.62. The van der Waals surface area contributed by atoms with Gasteiger partial charge in [-0.3, -0.25) is 0 Å². The number of fused-ring (bicyclic) bond motifs is 1. The lowest BCUT2D eigenvalue weighted by atomic mass is 10.3. The van der Waals surface area contributed by atoms with Crippen LogP contribution in [0, 0.1) is 6.92 Å². The van der Waals surface area contributed by atoms with Crippen LogP contribution in [0.15, 0.2) is 0 Å². The first-order chi connectivity index (χ1) is 8.51. The molecule has 0 unspecified atom stereocenters. The van der Waals surface area contributed by atoms with Crippen molar-refractivity contribution in [1.82, 2.24) is 19.5 Å². The Bertz CT molecular complexity index is 644. The van der Waals surface area contributed by atoms with E-state index in [0.29, 0.717) is 5.82 Å². The molecule has 0 saturated heterocycles. The molecule has 0 aromatic carbocycles. The first-order valence-electron chi connectivity index (χ1n) is 4.87. The maximum absolute atomic E-state index is 13.2. The zero-order valence-electron chi connectivity index (χ0n) is 9.56. The molecule has 10 heteroatoms. The molecule has 0 aliphatic heterocycles. The van der Waals surface area contributed by atoms with Crippen molar-refractivity contribution in [2.45, 2.75) is 17.7 Å². The summed E-state index contributed by atoms with van der Waals surface area (Å²) in [6, 6.07) is 0. The average molecular weight is 317 g/mol. The molecule has 0 aliphatic carbocycles. The van der Waals surface area contributed by atoms with Crippen LogP contribution in [0.2, 0.25) is 0 Å². The molecule has 0 fully saturated rings. The highest BCUT2D eigenvalue weighted by molar-refractivity contribution is 6.22. The van der Waals surface area contributed by atoms with Crippen LogP contribution < -0.4 is 0 Å². The van der Waals surface area contributed by atoms with Gasteiger partial charge in [0.15, 0.2) is 11.3 Å². The van der Waals surface area contributed by atoms with Crippen molar-refractivity contribution in [3.05, 3.63) is 17.3 Å². The second kappa shape index (κ2) is 4.17. The summed E-state index contributed by atoms with van der Waals surface area (Å²) in [5.74, 6) is -0.957. The molecule has 0 aliphatic rings. The van der Waals surface area contributed by atoms with Gasteiger partial charge < -0.3 is 4.57 Å². The molecule has 2 aromatic rings. The monoisotopic (exact) mass is 316 g/mol. The normalized spacial score (nSPS) is 13.3. The zero-order chi connectivity index (χ0) is 14.6. The molecule has 4 nitrogen and oxygen atoms in total. The third-order valence-corrected chi connectivity index (χ3v) is 2.81. The minimum Gasteiger partial charge on any atom is -0.316 e. The molecule has 19 heavy (non-hydrogen) atoms. The Morgan fingerprint density at radius 3 is 2.05 bits per heavy atom. The molecular formula is C9H6Cl2F4N4. The Balaban J connectivity index is 2.89. The lowest BCUT2D eigenvalue weighted by Gasteiger charge is -2.12. The van der Waals surface area contributed by atoms with Crippen LogP contribution >= 0.6 is 23.2 Å². The molecule has 2 rings (SSSR count). The lowest BCUT2D eigenvalue weighted by molar-refractivity contribution is 0.0752. The third kappa shape index (κ3) is 2.46. The minimum absolute atomic E-state index is 0.196. The van der Waals surface area contributed by atoms with Gasteiger partial charge in [-0.15, -0.1) is 0 Å². The molecule has 0 N–H and O–H groups in total. The third-order valence-electron chi connectivity index (χ3n) is 2.46. The SMILES string of the molecule is Cc1nc2c(C(F)(F)Cl)nc(C(F)(F)Cl)nc2n1C. The van der Waals surface area contributed by atoms with Crippen molar-refractivity contribution < 1.29 is 17.6 Å². The van der Waals surface area contributed by atoms with Crippen molar-refractivity contribution in [2.24, 2.45) is 7.05 Å². The summed E-state index contributed by atoms with van der Waals surface area (Å²) in [6.45, 7) is 1.50. The van der Waals surface area contributed by atoms with E-state index in [2.05, 4.69) is 15.0 Å². The summed E-state index contributed by atoms with van der Waals surface area (Å²) in [5.41, 5.74) is -1.64. The van der Waals surface area contributed by atoms with Gasteiger partial charge in [-0.05, 0) is 30.1 Å². The molecule has 2 aromatic heterocycles. The zero-order valence-corrected chi connectivity index (χ0v) is 11.1. The predicted octanol–water partition coefficient (Wildman–Crippen LogP) is 3.25.